The molecule has 0 radical (unpaired) electrons. The molecular formula is C20H16BrN3S. The number of nitriles is 1. The topological polar surface area (TPSA) is 48.7 Å². The summed E-state index contributed by atoms with van der Waals surface area (Å²) < 4.78 is 1.01. The van der Waals surface area contributed by atoms with Crippen molar-refractivity contribution >= 4 is 38.5 Å². The lowest BCUT2D eigenvalue weighted by molar-refractivity contribution is 1.34. The van der Waals surface area contributed by atoms with Crippen LogP contribution >= 0.6 is 27.3 Å². The van der Waals surface area contributed by atoms with E-state index in [0.717, 1.165) is 32.5 Å². The second-order valence-corrected chi connectivity index (χ2v) is 7.40. The van der Waals surface area contributed by atoms with Crippen LogP contribution in [0.1, 0.15) is 16.1 Å². The smallest absolute Gasteiger partial charge is 0.136 e. The van der Waals surface area contributed by atoms with E-state index < -0.39 is 0 Å². The Bertz CT molecular complexity index is 962. The summed E-state index contributed by atoms with van der Waals surface area (Å²) in [6.07, 6.45) is 1.73. The summed E-state index contributed by atoms with van der Waals surface area (Å²) >= 11 is 4.94. The average Bonchev–Trinajstić information content (AvgIpc) is 3.07. The summed E-state index contributed by atoms with van der Waals surface area (Å²) in [6, 6.07) is 16.3. The lowest BCUT2D eigenvalue weighted by Crippen LogP contribution is -1.96. The van der Waals surface area contributed by atoms with Crippen molar-refractivity contribution in [3.05, 3.63) is 74.7 Å². The Hall–Kier alpha value is -2.42. The van der Waals surface area contributed by atoms with Crippen molar-refractivity contribution in [3.8, 4) is 17.3 Å². The van der Waals surface area contributed by atoms with Crippen molar-refractivity contribution in [2.75, 3.05) is 5.32 Å². The first kappa shape index (κ1) is 17.4. The van der Waals surface area contributed by atoms with Gasteiger partial charge in [-0.2, -0.15) is 5.26 Å². The molecule has 0 aliphatic rings. The van der Waals surface area contributed by atoms with E-state index in [1.165, 1.54) is 11.3 Å². The zero-order valence-corrected chi connectivity index (χ0v) is 16.3. The third kappa shape index (κ3) is 3.98. The van der Waals surface area contributed by atoms with Gasteiger partial charge in [-0.25, -0.2) is 4.98 Å². The van der Waals surface area contributed by atoms with E-state index in [-0.39, 0.29) is 0 Å². The van der Waals surface area contributed by atoms with Crippen LogP contribution in [0.4, 0.5) is 5.69 Å². The first-order chi connectivity index (χ1) is 12.1. The van der Waals surface area contributed by atoms with Gasteiger partial charge >= 0.3 is 0 Å². The standard InChI is InChI=1S/C20H16BrN3S/c1-13-5-3-6-14(2)19(13)23-11-16(10-22)20-24-18(12-25-20)15-7-4-8-17(21)9-15/h3-9,11-12,23H,1-2H3. The molecule has 3 aromatic rings. The molecule has 0 aliphatic carbocycles. The Balaban J connectivity index is 1.88. The van der Waals surface area contributed by atoms with Crippen LogP contribution in [0.25, 0.3) is 16.8 Å². The van der Waals surface area contributed by atoms with Gasteiger partial charge in [0.1, 0.15) is 16.6 Å². The second kappa shape index (κ2) is 7.64. The lowest BCUT2D eigenvalue weighted by atomic mass is 10.1. The van der Waals surface area contributed by atoms with Crippen molar-refractivity contribution < 1.29 is 0 Å². The van der Waals surface area contributed by atoms with Crippen molar-refractivity contribution in [2.24, 2.45) is 0 Å². The Morgan fingerprint density at radius 1 is 1.20 bits per heavy atom. The van der Waals surface area contributed by atoms with Gasteiger partial charge in [-0.15, -0.1) is 11.3 Å². The van der Waals surface area contributed by atoms with E-state index >= 15 is 0 Å². The van der Waals surface area contributed by atoms with Crippen LogP contribution in [0.15, 0.2) is 58.5 Å². The second-order valence-electron chi connectivity index (χ2n) is 5.63. The van der Waals surface area contributed by atoms with Crippen LogP contribution in [0.5, 0.6) is 0 Å². The fourth-order valence-electron chi connectivity index (χ4n) is 2.51. The van der Waals surface area contributed by atoms with Gasteiger partial charge in [-0.3, -0.25) is 0 Å². The molecule has 5 heteroatoms. The molecule has 0 saturated carbocycles. The van der Waals surface area contributed by atoms with Crippen molar-refractivity contribution in [3.63, 3.8) is 0 Å². The third-order valence-corrected chi connectivity index (χ3v) is 5.19. The van der Waals surface area contributed by atoms with Gasteiger partial charge in [0.2, 0.25) is 0 Å². The van der Waals surface area contributed by atoms with Crippen LogP contribution in [0, 0.1) is 25.2 Å². The number of benzene rings is 2. The number of anilines is 1. The first-order valence-electron chi connectivity index (χ1n) is 7.73. The minimum atomic E-state index is 0.522. The minimum Gasteiger partial charge on any atom is -0.360 e. The fraction of sp³-hybridized carbons (Fsp3) is 0.100. The fourth-order valence-corrected chi connectivity index (χ4v) is 3.70. The normalized spacial score (nSPS) is 11.2. The number of rotatable bonds is 4. The van der Waals surface area contributed by atoms with E-state index in [2.05, 4.69) is 32.3 Å². The molecule has 1 heterocycles. The highest BCUT2D eigenvalue weighted by molar-refractivity contribution is 9.10. The quantitative estimate of drug-likeness (QED) is 0.524. The van der Waals surface area contributed by atoms with Crippen LogP contribution in [0.2, 0.25) is 0 Å². The summed E-state index contributed by atoms with van der Waals surface area (Å²) in [5, 5.41) is 15.5. The van der Waals surface area contributed by atoms with E-state index in [4.69, 9.17) is 0 Å². The maximum absolute atomic E-state index is 9.52. The Labute approximate surface area is 159 Å². The number of para-hydroxylation sites is 1. The highest BCUT2D eigenvalue weighted by Crippen LogP contribution is 2.28. The van der Waals surface area contributed by atoms with Gasteiger partial charge in [0.25, 0.3) is 0 Å². The number of thiazole rings is 1. The van der Waals surface area contributed by atoms with Crippen LogP contribution < -0.4 is 5.32 Å². The van der Waals surface area contributed by atoms with Gasteiger partial charge in [0.05, 0.1) is 5.69 Å². The molecule has 0 aliphatic heterocycles. The number of hydrogen-bond acceptors (Lipinski definition) is 4. The van der Waals surface area contributed by atoms with Crippen LogP contribution in [-0.2, 0) is 0 Å². The summed E-state index contributed by atoms with van der Waals surface area (Å²) in [4.78, 5) is 4.62. The summed E-state index contributed by atoms with van der Waals surface area (Å²) in [7, 11) is 0. The van der Waals surface area contributed by atoms with Crippen molar-refractivity contribution in [1.82, 2.24) is 4.98 Å². The molecule has 1 aromatic heterocycles. The number of halogens is 1. The summed E-state index contributed by atoms with van der Waals surface area (Å²) in [5.74, 6) is 0. The van der Waals surface area contributed by atoms with Gasteiger partial charge in [-0.05, 0) is 37.1 Å². The molecule has 0 fully saturated rings. The molecule has 1 N–H and O–H groups in total. The molecule has 0 spiro atoms. The van der Waals surface area contributed by atoms with E-state index in [9.17, 15) is 5.26 Å². The van der Waals surface area contributed by atoms with E-state index in [1.54, 1.807) is 6.20 Å². The SMILES string of the molecule is Cc1cccc(C)c1NC=C(C#N)c1nc(-c2cccc(Br)c2)cs1. The maximum Gasteiger partial charge on any atom is 0.136 e. The number of nitrogens with one attached hydrogen (secondary N) is 1. The number of hydrogen-bond donors (Lipinski definition) is 1. The van der Waals surface area contributed by atoms with Crippen LogP contribution in [-0.4, -0.2) is 4.98 Å². The predicted molar refractivity (Wildman–Crippen MR) is 108 cm³/mol. The highest BCUT2D eigenvalue weighted by atomic mass is 79.9. The van der Waals surface area contributed by atoms with Gasteiger partial charge in [0.15, 0.2) is 0 Å². The summed E-state index contributed by atoms with van der Waals surface area (Å²) in [5.41, 5.74) is 5.73. The van der Waals surface area contributed by atoms with E-state index in [1.807, 2.05) is 61.7 Å². The number of aromatic nitrogens is 1. The molecule has 3 nitrogen and oxygen atoms in total. The molecule has 3 rings (SSSR count). The van der Waals surface area contributed by atoms with Gasteiger partial charge in [-0.1, -0.05) is 46.3 Å². The largest absolute Gasteiger partial charge is 0.360 e. The predicted octanol–water partition coefficient (Wildman–Crippen LogP) is 6.17. The number of allylic oxidation sites excluding steroid dienone is 1. The maximum atomic E-state index is 9.52. The first-order valence-corrected chi connectivity index (χ1v) is 9.40. The van der Waals surface area contributed by atoms with Gasteiger partial charge in [0, 0.05) is 27.3 Å². The Morgan fingerprint density at radius 2 is 1.92 bits per heavy atom. The zero-order valence-electron chi connectivity index (χ0n) is 13.9. The lowest BCUT2D eigenvalue weighted by Gasteiger charge is -2.09. The molecule has 0 bridgehead atoms. The molecule has 124 valence electrons. The number of nitrogens with zero attached hydrogens (tertiary/aromatic N) is 2. The zero-order chi connectivity index (χ0) is 17.8. The Morgan fingerprint density at radius 3 is 2.60 bits per heavy atom. The molecule has 0 atom stereocenters. The van der Waals surface area contributed by atoms with Crippen LogP contribution in [0.3, 0.4) is 0 Å². The molecule has 0 amide bonds. The molecule has 2 aromatic carbocycles. The molecule has 0 saturated heterocycles. The summed E-state index contributed by atoms with van der Waals surface area (Å²) in [6.45, 7) is 4.09. The van der Waals surface area contributed by atoms with Crippen molar-refractivity contribution in [1.29, 1.82) is 5.26 Å². The Kier molecular flexibility index (Phi) is 5.32. The molecular weight excluding hydrogens is 394 g/mol. The molecule has 0 unspecified atom stereocenters. The monoisotopic (exact) mass is 409 g/mol. The highest BCUT2D eigenvalue weighted by Gasteiger charge is 2.10. The van der Waals surface area contributed by atoms with Crippen molar-refractivity contribution in [2.45, 2.75) is 13.8 Å². The number of aryl methyl sites for hydroxylation is 2. The van der Waals surface area contributed by atoms with E-state index in [0.29, 0.717) is 10.6 Å². The third-order valence-electron chi connectivity index (χ3n) is 3.82. The molecule has 25 heavy (non-hydrogen) atoms. The average molecular weight is 410 g/mol. The minimum absolute atomic E-state index is 0.522. The van der Waals surface area contributed by atoms with Gasteiger partial charge < -0.3 is 5.32 Å².